The maximum Gasteiger partial charge on any atom is 0.290 e. The number of nitrogens with zero attached hydrogens (tertiary/aromatic N) is 1. The van der Waals surface area contributed by atoms with Gasteiger partial charge < -0.3 is 9.32 Å². The molecule has 0 radical (unpaired) electrons. The molecule has 0 bridgehead atoms. The Bertz CT molecular complexity index is 1140. The lowest BCUT2D eigenvalue weighted by atomic mass is 9.97. The number of hydrogen-bond acceptors (Lipinski definition) is 3. The molecule has 2 aromatic carbocycles. The fraction of sp³-hybridized carbons (Fsp3) is 0.238. The second kappa shape index (κ2) is 6.50. The molecule has 4 rings (SSSR count). The standard InChI is InChI=1S/C21H17ClFNO3/c1-3-8-24-18(12-6-4-5-7-15(12)23)17-19(25)13-10-14(22)11(2)9-16(13)27-20(17)21(24)26/h4-7,9-10,18H,3,8H2,1-2H3. The summed E-state index contributed by atoms with van der Waals surface area (Å²) in [4.78, 5) is 27.7. The van der Waals surface area contributed by atoms with Crippen LogP contribution < -0.4 is 5.43 Å². The molecule has 0 fully saturated rings. The summed E-state index contributed by atoms with van der Waals surface area (Å²) in [7, 11) is 0. The molecule has 1 unspecified atom stereocenters. The van der Waals surface area contributed by atoms with Crippen molar-refractivity contribution in [2.75, 3.05) is 6.54 Å². The number of carbonyl (C=O) groups excluding carboxylic acids is 1. The zero-order valence-corrected chi connectivity index (χ0v) is 15.6. The van der Waals surface area contributed by atoms with Gasteiger partial charge in [0, 0.05) is 17.1 Å². The van der Waals surface area contributed by atoms with E-state index in [1.807, 2.05) is 6.92 Å². The molecule has 4 nitrogen and oxygen atoms in total. The van der Waals surface area contributed by atoms with Gasteiger partial charge in [-0.1, -0.05) is 36.7 Å². The van der Waals surface area contributed by atoms with Crippen LogP contribution in [0.5, 0.6) is 0 Å². The molecule has 1 atom stereocenters. The summed E-state index contributed by atoms with van der Waals surface area (Å²) in [5.41, 5.74) is 1.15. The Morgan fingerprint density at radius 3 is 2.67 bits per heavy atom. The molecule has 1 aliphatic rings. The molecule has 0 N–H and O–H groups in total. The fourth-order valence-corrected chi connectivity index (χ4v) is 3.80. The molecule has 0 saturated carbocycles. The average Bonchev–Trinajstić information content (AvgIpc) is 2.91. The highest BCUT2D eigenvalue weighted by atomic mass is 35.5. The Hall–Kier alpha value is -2.66. The lowest BCUT2D eigenvalue weighted by molar-refractivity contribution is 0.0726. The third kappa shape index (κ3) is 2.65. The Morgan fingerprint density at radius 2 is 1.96 bits per heavy atom. The minimum Gasteiger partial charge on any atom is -0.450 e. The van der Waals surface area contributed by atoms with Crippen LogP contribution in [0.4, 0.5) is 4.39 Å². The predicted octanol–water partition coefficient (Wildman–Crippen LogP) is 4.85. The Morgan fingerprint density at radius 1 is 1.22 bits per heavy atom. The van der Waals surface area contributed by atoms with Gasteiger partial charge in [-0.15, -0.1) is 0 Å². The van der Waals surface area contributed by atoms with Crippen molar-refractivity contribution in [1.29, 1.82) is 0 Å². The van der Waals surface area contributed by atoms with Crippen molar-refractivity contribution in [2.24, 2.45) is 0 Å². The third-order valence-corrected chi connectivity index (χ3v) is 5.32. The summed E-state index contributed by atoms with van der Waals surface area (Å²) >= 11 is 6.18. The van der Waals surface area contributed by atoms with Gasteiger partial charge >= 0.3 is 0 Å². The van der Waals surface area contributed by atoms with E-state index < -0.39 is 17.8 Å². The molecule has 3 aromatic rings. The Balaban J connectivity index is 2.06. The topological polar surface area (TPSA) is 50.5 Å². The van der Waals surface area contributed by atoms with Crippen LogP contribution in [0.1, 0.15) is 46.6 Å². The summed E-state index contributed by atoms with van der Waals surface area (Å²) in [5, 5.41) is 0.726. The van der Waals surface area contributed by atoms with Gasteiger partial charge in [-0.05, 0) is 37.1 Å². The van der Waals surface area contributed by atoms with Crippen LogP contribution in [0.2, 0.25) is 5.02 Å². The van der Waals surface area contributed by atoms with Crippen LogP contribution >= 0.6 is 11.6 Å². The van der Waals surface area contributed by atoms with Crippen molar-refractivity contribution in [3.8, 4) is 0 Å². The Kier molecular flexibility index (Phi) is 4.27. The fourth-order valence-electron chi connectivity index (χ4n) is 3.63. The molecule has 1 aliphatic heterocycles. The number of halogens is 2. The minimum atomic E-state index is -0.811. The van der Waals surface area contributed by atoms with Crippen molar-refractivity contribution in [1.82, 2.24) is 4.90 Å². The van der Waals surface area contributed by atoms with E-state index in [0.717, 1.165) is 5.56 Å². The van der Waals surface area contributed by atoms with Crippen LogP contribution in [0.25, 0.3) is 11.0 Å². The van der Waals surface area contributed by atoms with Crippen molar-refractivity contribution in [3.63, 3.8) is 0 Å². The first-order chi connectivity index (χ1) is 12.9. The number of fused-ring (bicyclic) bond motifs is 2. The summed E-state index contributed by atoms with van der Waals surface area (Å²) in [6, 6.07) is 8.56. The number of hydrogen-bond donors (Lipinski definition) is 0. The maximum absolute atomic E-state index is 14.5. The van der Waals surface area contributed by atoms with Gasteiger partial charge in [-0.2, -0.15) is 0 Å². The highest BCUT2D eigenvalue weighted by Gasteiger charge is 2.43. The highest BCUT2D eigenvalue weighted by Crippen LogP contribution is 2.39. The number of benzene rings is 2. The van der Waals surface area contributed by atoms with E-state index in [4.69, 9.17) is 16.0 Å². The monoisotopic (exact) mass is 385 g/mol. The van der Waals surface area contributed by atoms with Crippen molar-refractivity contribution >= 4 is 28.5 Å². The largest absolute Gasteiger partial charge is 0.450 e. The van der Waals surface area contributed by atoms with Gasteiger partial charge in [0.25, 0.3) is 5.91 Å². The maximum atomic E-state index is 14.5. The quantitative estimate of drug-likeness (QED) is 0.647. The van der Waals surface area contributed by atoms with Gasteiger partial charge in [-0.25, -0.2) is 4.39 Å². The normalized spacial score (nSPS) is 16.2. The van der Waals surface area contributed by atoms with Crippen LogP contribution in [0.15, 0.2) is 45.6 Å². The van der Waals surface area contributed by atoms with Crippen LogP contribution in [0, 0.1) is 12.7 Å². The van der Waals surface area contributed by atoms with E-state index in [1.165, 1.54) is 11.0 Å². The van der Waals surface area contributed by atoms with Crippen molar-refractivity contribution in [3.05, 3.63) is 79.9 Å². The van der Waals surface area contributed by atoms with E-state index in [2.05, 4.69) is 0 Å². The molecule has 0 spiro atoms. The predicted molar refractivity (Wildman–Crippen MR) is 102 cm³/mol. The van der Waals surface area contributed by atoms with Crippen LogP contribution in [-0.4, -0.2) is 17.4 Å². The number of amides is 1. The molecule has 138 valence electrons. The summed E-state index contributed by atoms with van der Waals surface area (Å²) in [5.74, 6) is -0.881. The number of aryl methyl sites for hydroxylation is 1. The zero-order chi connectivity index (χ0) is 19.3. The van der Waals surface area contributed by atoms with Crippen LogP contribution in [-0.2, 0) is 0 Å². The molecule has 6 heteroatoms. The van der Waals surface area contributed by atoms with Gasteiger partial charge in [0.1, 0.15) is 11.4 Å². The molecular weight excluding hydrogens is 369 g/mol. The molecular formula is C21H17ClFNO3. The first kappa shape index (κ1) is 17.7. The van der Waals surface area contributed by atoms with E-state index in [1.54, 1.807) is 37.3 Å². The smallest absolute Gasteiger partial charge is 0.290 e. The minimum absolute atomic E-state index is 0.0177. The molecule has 0 aliphatic carbocycles. The average molecular weight is 386 g/mol. The molecule has 0 saturated heterocycles. The van der Waals surface area contributed by atoms with E-state index in [-0.39, 0.29) is 27.7 Å². The zero-order valence-electron chi connectivity index (χ0n) is 14.9. The van der Waals surface area contributed by atoms with E-state index >= 15 is 0 Å². The second-order valence-electron chi connectivity index (χ2n) is 6.69. The Labute approximate surface area is 160 Å². The summed E-state index contributed by atoms with van der Waals surface area (Å²) in [6.45, 7) is 4.10. The van der Waals surface area contributed by atoms with Gasteiger partial charge in [0.05, 0.1) is 17.0 Å². The molecule has 27 heavy (non-hydrogen) atoms. The highest BCUT2D eigenvalue weighted by molar-refractivity contribution is 6.32. The lowest BCUT2D eigenvalue weighted by Crippen LogP contribution is -2.30. The second-order valence-corrected chi connectivity index (χ2v) is 7.10. The van der Waals surface area contributed by atoms with Crippen LogP contribution in [0.3, 0.4) is 0 Å². The molecule has 1 aromatic heterocycles. The molecule has 2 heterocycles. The molecule has 1 amide bonds. The number of carbonyl (C=O) groups is 1. The van der Waals surface area contributed by atoms with E-state index in [9.17, 15) is 14.0 Å². The summed E-state index contributed by atoms with van der Waals surface area (Å²) in [6.07, 6.45) is 0.670. The number of rotatable bonds is 3. The lowest BCUT2D eigenvalue weighted by Gasteiger charge is -2.24. The van der Waals surface area contributed by atoms with Gasteiger partial charge in [0.2, 0.25) is 5.76 Å². The van der Waals surface area contributed by atoms with Crippen molar-refractivity contribution in [2.45, 2.75) is 26.3 Å². The summed E-state index contributed by atoms with van der Waals surface area (Å²) < 4.78 is 20.4. The SMILES string of the molecule is CCCN1C(=O)c2oc3cc(C)c(Cl)cc3c(=O)c2C1c1ccccc1F. The van der Waals surface area contributed by atoms with Gasteiger partial charge in [-0.3, -0.25) is 9.59 Å². The first-order valence-electron chi connectivity index (χ1n) is 8.76. The van der Waals surface area contributed by atoms with E-state index in [0.29, 0.717) is 23.6 Å². The first-order valence-corrected chi connectivity index (χ1v) is 9.14. The third-order valence-electron chi connectivity index (χ3n) is 4.91. The van der Waals surface area contributed by atoms with Gasteiger partial charge in [0.15, 0.2) is 5.43 Å². The van der Waals surface area contributed by atoms with Crippen molar-refractivity contribution < 1.29 is 13.6 Å².